The number of carbonyl (C=O) groups excluding carboxylic acids is 4. The molecule has 0 unspecified atom stereocenters. The summed E-state index contributed by atoms with van der Waals surface area (Å²) in [5, 5.41) is 0.959. The molecular weight excluding hydrogens is 592 g/mol. The van der Waals surface area contributed by atoms with Crippen LogP contribution in [0.4, 0.5) is 14.9 Å². The highest BCUT2D eigenvalue weighted by atomic mass is 35.5. The third-order valence-electron chi connectivity index (χ3n) is 9.52. The number of hydrogen-bond donors (Lipinski definition) is 0. The van der Waals surface area contributed by atoms with Crippen molar-refractivity contribution < 1.29 is 23.6 Å². The molecule has 4 atom stereocenters. The molecule has 3 aromatic carbocycles. The smallest absolute Gasteiger partial charge is 0.300 e. The highest BCUT2D eigenvalue weighted by Crippen LogP contribution is 2.60. The highest BCUT2D eigenvalue weighted by molar-refractivity contribution is 6.31. The van der Waals surface area contributed by atoms with E-state index in [9.17, 15) is 23.6 Å². The molecule has 0 aromatic heterocycles. The van der Waals surface area contributed by atoms with E-state index in [4.69, 9.17) is 23.2 Å². The second-order valence-electron chi connectivity index (χ2n) is 11.8. The lowest BCUT2D eigenvalue weighted by Gasteiger charge is -2.37. The summed E-state index contributed by atoms with van der Waals surface area (Å²) in [6.45, 7) is 0. The Morgan fingerprint density at radius 3 is 2.12 bits per heavy atom. The first-order chi connectivity index (χ1) is 20.7. The molecule has 5 amide bonds. The van der Waals surface area contributed by atoms with Gasteiger partial charge < -0.3 is 4.90 Å². The van der Waals surface area contributed by atoms with E-state index in [1.807, 2.05) is 0 Å². The number of rotatable bonds is 5. The topological polar surface area (TPSA) is 78.0 Å². The van der Waals surface area contributed by atoms with Gasteiger partial charge in [0.15, 0.2) is 0 Å². The number of likely N-dealkylation sites (tertiary alicyclic amines) is 1. The van der Waals surface area contributed by atoms with Crippen molar-refractivity contribution >= 4 is 52.6 Å². The van der Waals surface area contributed by atoms with Crippen LogP contribution in [0.1, 0.15) is 49.3 Å². The summed E-state index contributed by atoms with van der Waals surface area (Å²) in [5.41, 5.74) is -0.412. The van der Waals surface area contributed by atoms with Crippen molar-refractivity contribution in [3.05, 3.63) is 99.8 Å². The SMILES string of the molecule is O=C1[C@H]2[C@@H](c3ccc(Cl)cc3)N3C(=O)N(c4cccc(F)c4)C(=O)[C@@]3(Cc3ccc(Cl)cc3)[C@H]2C(=O)N1C1CCCCC1. The average Bonchev–Trinajstić information content (AvgIpc) is 3.52. The van der Waals surface area contributed by atoms with Crippen LogP contribution in [0, 0.1) is 17.7 Å². The third kappa shape index (κ3) is 4.21. The Morgan fingerprint density at radius 2 is 1.47 bits per heavy atom. The van der Waals surface area contributed by atoms with E-state index >= 15 is 0 Å². The second kappa shape index (κ2) is 10.5. The van der Waals surface area contributed by atoms with E-state index < -0.39 is 47.1 Å². The van der Waals surface area contributed by atoms with Crippen LogP contribution in [-0.4, -0.2) is 45.1 Å². The first kappa shape index (κ1) is 28.0. The number of imide groups is 2. The monoisotopic (exact) mass is 619 g/mol. The molecular formula is C33H28Cl2FN3O4. The summed E-state index contributed by atoms with van der Waals surface area (Å²) in [6, 6.07) is 17.0. The number of amides is 5. The van der Waals surface area contributed by atoms with Gasteiger partial charge in [0.2, 0.25) is 11.8 Å². The maximum atomic E-state index is 14.8. The maximum Gasteiger partial charge on any atom is 0.332 e. The minimum atomic E-state index is -1.73. The number of urea groups is 1. The molecule has 3 saturated heterocycles. The summed E-state index contributed by atoms with van der Waals surface area (Å²) in [4.78, 5) is 62.0. The van der Waals surface area contributed by atoms with Gasteiger partial charge in [0.25, 0.3) is 5.91 Å². The zero-order chi connectivity index (χ0) is 30.0. The summed E-state index contributed by atoms with van der Waals surface area (Å²) >= 11 is 12.4. The molecule has 3 heterocycles. The zero-order valence-corrected chi connectivity index (χ0v) is 24.6. The van der Waals surface area contributed by atoms with Gasteiger partial charge in [-0.05, 0) is 66.4 Å². The molecule has 1 saturated carbocycles. The molecule has 4 aliphatic rings. The molecule has 3 aliphatic heterocycles. The van der Waals surface area contributed by atoms with Crippen LogP contribution in [0.3, 0.4) is 0 Å². The van der Waals surface area contributed by atoms with Crippen molar-refractivity contribution in [1.82, 2.24) is 9.80 Å². The van der Waals surface area contributed by atoms with Crippen molar-refractivity contribution in [1.29, 1.82) is 0 Å². The van der Waals surface area contributed by atoms with E-state index in [1.54, 1.807) is 48.5 Å². The normalized spacial score (nSPS) is 27.3. The van der Waals surface area contributed by atoms with Gasteiger partial charge in [-0.25, -0.2) is 14.1 Å². The van der Waals surface area contributed by atoms with Gasteiger partial charge in [-0.3, -0.25) is 19.3 Å². The van der Waals surface area contributed by atoms with Gasteiger partial charge in [-0.1, -0.05) is 72.8 Å². The number of hydrogen-bond acceptors (Lipinski definition) is 4. The number of carbonyl (C=O) groups is 4. The van der Waals surface area contributed by atoms with E-state index in [0.29, 0.717) is 34.0 Å². The molecule has 7 nitrogen and oxygen atoms in total. The van der Waals surface area contributed by atoms with Crippen molar-refractivity contribution in [2.75, 3.05) is 4.90 Å². The van der Waals surface area contributed by atoms with Gasteiger partial charge in [-0.2, -0.15) is 0 Å². The van der Waals surface area contributed by atoms with Crippen LogP contribution < -0.4 is 4.90 Å². The van der Waals surface area contributed by atoms with E-state index in [2.05, 4.69) is 0 Å². The molecule has 1 aliphatic carbocycles. The van der Waals surface area contributed by atoms with Crippen molar-refractivity contribution in [2.24, 2.45) is 11.8 Å². The predicted octanol–water partition coefficient (Wildman–Crippen LogP) is 6.57. The van der Waals surface area contributed by atoms with Crippen molar-refractivity contribution in [3.8, 4) is 0 Å². The second-order valence-corrected chi connectivity index (χ2v) is 12.7. The molecule has 0 radical (unpaired) electrons. The van der Waals surface area contributed by atoms with Crippen LogP contribution in [0.25, 0.3) is 0 Å². The maximum absolute atomic E-state index is 14.8. The number of nitrogens with zero attached hydrogens (tertiary/aromatic N) is 3. The molecule has 0 bridgehead atoms. The first-order valence-electron chi connectivity index (χ1n) is 14.5. The van der Waals surface area contributed by atoms with Crippen LogP contribution in [0.15, 0.2) is 72.8 Å². The Morgan fingerprint density at radius 1 is 0.814 bits per heavy atom. The van der Waals surface area contributed by atoms with Gasteiger partial charge in [0, 0.05) is 22.5 Å². The van der Waals surface area contributed by atoms with Gasteiger partial charge >= 0.3 is 6.03 Å². The molecule has 7 rings (SSSR count). The molecule has 10 heteroatoms. The molecule has 3 aromatic rings. The Balaban J connectivity index is 1.45. The first-order valence-corrected chi connectivity index (χ1v) is 15.3. The van der Waals surface area contributed by atoms with Crippen LogP contribution in [0.2, 0.25) is 10.0 Å². The minimum absolute atomic E-state index is 0.0245. The standard InChI is InChI=1S/C33H28Cl2FN3O4/c34-21-13-9-19(10-14-21)18-33-27-26(29(40)37(30(27)41)24-6-2-1-3-7-24)28(20-11-15-22(35)16-12-20)39(33)32(43)38(31(33)42)25-8-4-5-23(36)17-25/h4-5,8-17,24,26-28H,1-3,6-7,18H2/t26-,27-,28-,33-/m1/s1. The largest absolute Gasteiger partial charge is 0.332 e. The quantitative estimate of drug-likeness (QED) is 0.239. The van der Waals surface area contributed by atoms with Gasteiger partial charge in [0.05, 0.1) is 23.6 Å². The lowest BCUT2D eigenvalue weighted by Crippen LogP contribution is -2.56. The molecule has 43 heavy (non-hydrogen) atoms. The van der Waals surface area contributed by atoms with E-state index in [0.717, 1.165) is 30.2 Å². The van der Waals surface area contributed by atoms with Crippen LogP contribution >= 0.6 is 23.2 Å². The fourth-order valence-corrected chi connectivity index (χ4v) is 8.00. The third-order valence-corrected chi connectivity index (χ3v) is 10.0. The highest BCUT2D eigenvalue weighted by Gasteiger charge is 2.77. The number of anilines is 1. The summed E-state index contributed by atoms with van der Waals surface area (Å²) in [5.74, 6) is -4.15. The van der Waals surface area contributed by atoms with E-state index in [-0.39, 0.29) is 24.1 Å². The lowest BCUT2D eigenvalue weighted by atomic mass is 9.75. The number of benzene rings is 3. The Labute approximate surface area is 258 Å². The Kier molecular flexibility index (Phi) is 6.82. The average molecular weight is 621 g/mol. The summed E-state index contributed by atoms with van der Waals surface area (Å²) in [6.07, 6.45) is 4.24. The minimum Gasteiger partial charge on any atom is -0.300 e. The van der Waals surface area contributed by atoms with E-state index in [1.165, 1.54) is 28.0 Å². The molecule has 220 valence electrons. The number of fused-ring (bicyclic) bond motifs is 3. The fraction of sp³-hybridized carbons (Fsp3) is 0.333. The fourth-order valence-electron chi connectivity index (χ4n) is 7.75. The zero-order valence-electron chi connectivity index (χ0n) is 23.1. The molecule has 0 spiro atoms. The number of halogens is 3. The predicted molar refractivity (Wildman–Crippen MR) is 159 cm³/mol. The van der Waals surface area contributed by atoms with Gasteiger partial charge in [-0.15, -0.1) is 0 Å². The summed E-state index contributed by atoms with van der Waals surface area (Å²) in [7, 11) is 0. The van der Waals surface area contributed by atoms with Crippen molar-refractivity contribution in [3.63, 3.8) is 0 Å². The van der Waals surface area contributed by atoms with Crippen LogP contribution in [-0.2, 0) is 20.8 Å². The lowest BCUT2D eigenvalue weighted by molar-refractivity contribution is -0.147. The summed E-state index contributed by atoms with van der Waals surface area (Å²) < 4.78 is 14.4. The molecule has 0 N–H and O–H groups in total. The van der Waals surface area contributed by atoms with Gasteiger partial charge in [0.1, 0.15) is 11.4 Å². The Bertz CT molecular complexity index is 1640. The van der Waals surface area contributed by atoms with Crippen LogP contribution in [0.5, 0.6) is 0 Å². The van der Waals surface area contributed by atoms with Crippen molar-refractivity contribution in [2.45, 2.75) is 56.1 Å². The Hall–Kier alpha value is -3.75. The molecule has 4 fully saturated rings.